The minimum Gasteiger partial charge on any atom is -0.425 e. The summed E-state index contributed by atoms with van der Waals surface area (Å²) in [6.45, 7) is 2.07. The molecule has 0 N–H and O–H groups in total. The predicted molar refractivity (Wildman–Crippen MR) is 210 cm³/mol. The molecule has 0 aromatic heterocycles. The van der Waals surface area contributed by atoms with Gasteiger partial charge in [-0.2, -0.15) is 0 Å². The molecule has 6 aromatic carbocycles. The summed E-state index contributed by atoms with van der Waals surface area (Å²) >= 11 is 0. The third kappa shape index (κ3) is 7.04. The van der Waals surface area contributed by atoms with Gasteiger partial charge in [-0.15, -0.1) is 0 Å². The summed E-state index contributed by atoms with van der Waals surface area (Å²) in [5.41, 5.74) is 0. The van der Waals surface area contributed by atoms with Crippen molar-refractivity contribution >= 4 is 86.1 Å². The van der Waals surface area contributed by atoms with Crippen LogP contribution >= 0.6 is 0 Å². The van der Waals surface area contributed by atoms with Crippen molar-refractivity contribution in [2.45, 2.75) is 6.55 Å². The highest BCUT2D eigenvalue weighted by atomic mass is 28.5. The third-order valence-corrected chi connectivity index (χ3v) is 28.2. The number of benzene rings is 6. The summed E-state index contributed by atoms with van der Waals surface area (Å²) < 4.78 is 43.7. The first-order chi connectivity index (χ1) is 24.1. The molecule has 1 aliphatic heterocycles. The van der Waals surface area contributed by atoms with Crippen LogP contribution in [0.15, 0.2) is 182 Å². The lowest BCUT2D eigenvalue weighted by Crippen LogP contribution is -2.81. The smallest absolute Gasteiger partial charge is 0.390 e. The molecule has 0 aliphatic carbocycles. The van der Waals surface area contributed by atoms with Crippen LogP contribution in [0.1, 0.15) is 0 Å². The van der Waals surface area contributed by atoms with Crippen LogP contribution < -0.4 is 31.1 Å². The fourth-order valence-electron chi connectivity index (χ4n) is 6.27. The van der Waals surface area contributed by atoms with Gasteiger partial charge in [0.05, 0.1) is 0 Å². The summed E-state index contributed by atoms with van der Waals surface area (Å²) in [5.74, 6) is 0. The second-order valence-electron chi connectivity index (χ2n) is 11.7. The van der Waals surface area contributed by atoms with E-state index in [0.29, 0.717) is 0 Å². The monoisotopic (exact) mass is 746 g/mol. The van der Waals surface area contributed by atoms with E-state index in [-0.39, 0.29) is 0 Å². The van der Waals surface area contributed by atoms with Crippen LogP contribution in [0.25, 0.3) is 0 Å². The average Bonchev–Trinajstić information content (AvgIpc) is 3.18. The number of rotatable bonds is 6. The quantitative estimate of drug-likeness (QED) is 0.242. The average molecular weight is 747 g/mol. The van der Waals surface area contributed by atoms with Crippen molar-refractivity contribution in [1.82, 2.24) is 0 Å². The lowest BCUT2D eigenvalue weighted by Gasteiger charge is -2.47. The Labute approximate surface area is 298 Å². The third-order valence-electron chi connectivity index (χ3n) is 8.56. The van der Waals surface area contributed by atoms with E-state index in [1.165, 1.54) is 0 Å². The largest absolute Gasteiger partial charge is 0.425 e. The van der Waals surface area contributed by atoms with Gasteiger partial charge in [-0.25, -0.2) is 0 Å². The Morgan fingerprint density at radius 2 is 0.694 bits per heavy atom. The van der Waals surface area contributed by atoms with E-state index in [1.54, 1.807) is 0 Å². The highest BCUT2D eigenvalue weighted by Crippen LogP contribution is 2.25. The second kappa shape index (κ2) is 15.5. The van der Waals surface area contributed by atoms with Crippen molar-refractivity contribution in [3.05, 3.63) is 182 Å². The van der Waals surface area contributed by atoms with Gasteiger partial charge >= 0.3 is 35.0 Å². The van der Waals surface area contributed by atoms with Crippen LogP contribution in [0.5, 0.6) is 0 Å². The van der Waals surface area contributed by atoms with Crippen LogP contribution in [0, 0.1) is 0 Å². The number of hydrogen-bond donors (Lipinski definition) is 0. The second-order valence-corrected chi connectivity index (χ2v) is 27.2. The Morgan fingerprint density at radius 1 is 0.388 bits per heavy atom. The first-order valence-electron chi connectivity index (χ1n) is 16.4. The Bertz CT molecular complexity index is 1780. The minimum absolute atomic E-state index is 0.963. The SMILES string of the molecule is C[SiH]1O[SiH2]O[SiH2]O[Si](c2ccccc2)(c2ccccc2)O[Si](c2ccccc2)(c2ccccc2)O[Si](c2ccccc2)(c2ccccc2)O1. The molecule has 7 rings (SSSR count). The first-order valence-corrected chi connectivity index (χ1v) is 26.2. The summed E-state index contributed by atoms with van der Waals surface area (Å²) in [6, 6.07) is 62.3. The predicted octanol–water partition coefficient (Wildman–Crippen LogP) is 1.72. The Hall–Kier alpha value is -3.62. The van der Waals surface area contributed by atoms with Gasteiger partial charge < -0.3 is 24.7 Å². The van der Waals surface area contributed by atoms with Crippen LogP contribution in [-0.2, 0) is 24.7 Å². The van der Waals surface area contributed by atoms with Crippen LogP contribution in [0.3, 0.4) is 0 Å². The zero-order valence-corrected chi connectivity index (χ0v) is 34.2. The van der Waals surface area contributed by atoms with Crippen LogP contribution in [0.4, 0.5) is 0 Å². The molecule has 246 valence electrons. The van der Waals surface area contributed by atoms with E-state index in [2.05, 4.69) is 152 Å². The van der Waals surface area contributed by atoms with Gasteiger partial charge in [-0.1, -0.05) is 182 Å². The lowest BCUT2D eigenvalue weighted by molar-refractivity contribution is 0.294. The van der Waals surface area contributed by atoms with Gasteiger partial charge in [0.1, 0.15) is 0 Å². The summed E-state index contributed by atoms with van der Waals surface area (Å²) in [6.07, 6.45) is 0. The van der Waals surface area contributed by atoms with Crippen LogP contribution in [0.2, 0.25) is 6.55 Å². The van der Waals surface area contributed by atoms with Crippen LogP contribution in [-0.4, -0.2) is 55.0 Å². The van der Waals surface area contributed by atoms with Crippen molar-refractivity contribution in [3.63, 3.8) is 0 Å². The van der Waals surface area contributed by atoms with Gasteiger partial charge in [-0.05, 0) is 37.7 Å². The lowest BCUT2D eigenvalue weighted by atomic mass is 10.4. The Balaban J connectivity index is 1.60. The molecule has 0 amide bonds. The molecule has 1 fully saturated rings. The maximum absolute atomic E-state index is 8.14. The zero-order valence-electron chi connectivity index (χ0n) is 27.3. The van der Waals surface area contributed by atoms with E-state index < -0.39 is 55.0 Å². The highest BCUT2D eigenvalue weighted by Gasteiger charge is 2.60. The van der Waals surface area contributed by atoms with Gasteiger partial charge in [0.2, 0.25) is 0 Å². The van der Waals surface area contributed by atoms with E-state index >= 15 is 0 Å². The molecule has 1 atom stereocenters. The molecule has 6 aromatic rings. The first kappa shape index (κ1) is 33.9. The van der Waals surface area contributed by atoms with E-state index in [0.717, 1.165) is 31.1 Å². The maximum Gasteiger partial charge on any atom is 0.390 e. The van der Waals surface area contributed by atoms with Gasteiger partial charge in [0.15, 0.2) is 0 Å². The Kier molecular flexibility index (Phi) is 10.7. The van der Waals surface area contributed by atoms with E-state index in [4.69, 9.17) is 24.7 Å². The molecule has 1 aliphatic rings. The molecule has 49 heavy (non-hydrogen) atoms. The molecular weight excluding hydrogens is 709 g/mol. The topological polar surface area (TPSA) is 55.4 Å². The minimum atomic E-state index is -3.82. The molecule has 1 heterocycles. The molecule has 0 spiro atoms. The van der Waals surface area contributed by atoms with E-state index in [9.17, 15) is 0 Å². The van der Waals surface area contributed by atoms with Crippen molar-refractivity contribution in [1.29, 1.82) is 0 Å². The fraction of sp³-hybridized carbons (Fsp3) is 0.0270. The number of hydrogen-bond acceptors (Lipinski definition) is 6. The molecule has 1 unspecified atom stereocenters. The molecule has 12 heteroatoms. The van der Waals surface area contributed by atoms with Crippen molar-refractivity contribution in [3.8, 4) is 0 Å². The highest BCUT2D eigenvalue weighted by molar-refractivity contribution is 7.10. The maximum atomic E-state index is 8.14. The van der Waals surface area contributed by atoms with E-state index in [1.807, 2.05) is 36.4 Å². The molecule has 6 nitrogen and oxygen atoms in total. The normalized spacial score (nSPS) is 20.1. The molecule has 1 saturated heterocycles. The van der Waals surface area contributed by atoms with Crippen molar-refractivity contribution < 1.29 is 24.7 Å². The Morgan fingerprint density at radius 3 is 1.06 bits per heavy atom. The molecular formula is C37H38O6Si6. The van der Waals surface area contributed by atoms with Crippen molar-refractivity contribution in [2.24, 2.45) is 0 Å². The fourth-order valence-corrected chi connectivity index (χ4v) is 29.2. The molecule has 0 radical (unpaired) electrons. The van der Waals surface area contributed by atoms with Gasteiger partial charge in [-0.3, -0.25) is 0 Å². The molecule has 0 bridgehead atoms. The summed E-state index contributed by atoms with van der Waals surface area (Å²) in [7, 11) is -16.3. The summed E-state index contributed by atoms with van der Waals surface area (Å²) in [5, 5.41) is 5.87. The van der Waals surface area contributed by atoms with Gasteiger partial charge in [0, 0.05) is 0 Å². The summed E-state index contributed by atoms with van der Waals surface area (Å²) in [4.78, 5) is 0. The molecule has 0 saturated carbocycles. The van der Waals surface area contributed by atoms with Gasteiger partial charge in [0.25, 0.3) is 20.0 Å². The standard InChI is InChI=1S/C37H38O6Si6/c1-46-39-44-38-45-40-47(32-20-8-2-9-21-32,33-22-10-3-11-23-33)42-49(36-28-16-6-17-29-36,37-30-18-7-19-31-37)43-48(41-46,34-24-12-4-13-25-34)35-26-14-5-15-27-35/h2-31,46H,44-45H2,1H3. The zero-order chi connectivity index (χ0) is 33.4. The van der Waals surface area contributed by atoms with Crippen molar-refractivity contribution in [2.75, 3.05) is 0 Å².